The highest BCUT2D eigenvalue weighted by molar-refractivity contribution is 7.92. The smallest absolute Gasteiger partial charge is 0.417 e. The summed E-state index contributed by atoms with van der Waals surface area (Å²) in [7, 11) is -4.80. The molecule has 4 aromatic rings. The Labute approximate surface area is 207 Å². The van der Waals surface area contributed by atoms with Crippen LogP contribution in [0.3, 0.4) is 0 Å². The monoisotopic (exact) mass is 540 g/mol. The molecule has 0 bridgehead atoms. The molecule has 0 saturated carbocycles. The molecule has 1 heterocycles. The molecule has 0 atom stereocenters. The lowest BCUT2D eigenvalue weighted by molar-refractivity contribution is -0.139. The van der Waals surface area contributed by atoms with Crippen LogP contribution < -0.4 is 9.46 Å². The Kier molecular flexibility index (Phi) is 6.57. The van der Waals surface area contributed by atoms with Gasteiger partial charge in [-0.15, -0.1) is 0 Å². The minimum atomic E-state index is -4.95. The number of halogens is 6. The third-order valence-electron chi connectivity index (χ3n) is 5.30. The minimum absolute atomic E-state index is 0.00168. The quantitative estimate of drug-likeness (QED) is 0.259. The summed E-state index contributed by atoms with van der Waals surface area (Å²) in [5.41, 5.74) is -1.99. The molecule has 0 aliphatic heterocycles. The third-order valence-corrected chi connectivity index (χ3v) is 6.72. The van der Waals surface area contributed by atoms with Crippen molar-refractivity contribution in [3.05, 3.63) is 89.4 Å². The Morgan fingerprint density at radius 1 is 0.892 bits per heavy atom. The summed E-state index contributed by atoms with van der Waals surface area (Å²) >= 11 is 0. The van der Waals surface area contributed by atoms with E-state index >= 15 is 0 Å². The zero-order valence-corrected chi connectivity index (χ0v) is 20.0. The van der Waals surface area contributed by atoms with Gasteiger partial charge in [0.05, 0.1) is 21.7 Å². The first kappa shape index (κ1) is 26.3. The van der Waals surface area contributed by atoms with Crippen molar-refractivity contribution in [2.24, 2.45) is 0 Å². The van der Waals surface area contributed by atoms with Crippen molar-refractivity contribution in [3.63, 3.8) is 0 Å². The van der Waals surface area contributed by atoms with Gasteiger partial charge in [-0.2, -0.15) is 13.2 Å². The van der Waals surface area contributed by atoms with Crippen LogP contribution in [0.5, 0.6) is 11.5 Å². The van der Waals surface area contributed by atoms with Crippen LogP contribution in [0.25, 0.3) is 10.9 Å². The molecule has 4 rings (SSSR count). The number of nitrogens with one attached hydrogen (secondary N) is 1. The van der Waals surface area contributed by atoms with Gasteiger partial charge in [0.1, 0.15) is 11.5 Å². The topological polar surface area (TPSA) is 68.3 Å². The highest BCUT2D eigenvalue weighted by Crippen LogP contribution is 2.38. The van der Waals surface area contributed by atoms with Crippen molar-refractivity contribution in [3.8, 4) is 11.5 Å². The van der Waals surface area contributed by atoms with E-state index in [-0.39, 0.29) is 28.0 Å². The number of aromatic nitrogens is 1. The number of sulfonamides is 1. The van der Waals surface area contributed by atoms with Gasteiger partial charge in [-0.1, -0.05) is 24.3 Å². The van der Waals surface area contributed by atoms with E-state index in [1.165, 1.54) is 30.3 Å². The predicted molar refractivity (Wildman–Crippen MR) is 125 cm³/mol. The number of aryl methyl sites for hydroxylation is 1. The van der Waals surface area contributed by atoms with Gasteiger partial charge < -0.3 is 4.74 Å². The molecular formula is C25H18F6N2O3S. The number of fused-ring (bicyclic) bond motifs is 1. The maximum Gasteiger partial charge on any atom is 0.417 e. The number of ether oxygens (including phenoxy) is 1. The van der Waals surface area contributed by atoms with Crippen LogP contribution >= 0.6 is 0 Å². The highest BCUT2D eigenvalue weighted by Gasteiger charge is 2.37. The number of anilines is 1. The lowest BCUT2D eigenvalue weighted by Crippen LogP contribution is -2.19. The zero-order valence-electron chi connectivity index (χ0n) is 19.2. The first-order valence-electron chi connectivity index (χ1n) is 10.6. The van der Waals surface area contributed by atoms with Gasteiger partial charge in [-0.25, -0.2) is 21.6 Å². The molecule has 0 spiro atoms. The van der Waals surface area contributed by atoms with Crippen molar-refractivity contribution in [2.75, 3.05) is 4.72 Å². The summed E-state index contributed by atoms with van der Waals surface area (Å²) < 4.78 is 115. The Morgan fingerprint density at radius 3 is 2.22 bits per heavy atom. The summed E-state index contributed by atoms with van der Waals surface area (Å²) in [4.78, 5) is 3.11. The maximum absolute atomic E-state index is 14.8. The van der Waals surface area contributed by atoms with Crippen molar-refractivity contribution in [1.29, 1.82) is 0 Å². The summed E-state index contributed by atoms with van der Waals surface area (Å²) in [6.45, 7) is 2.29. The van der Waals surface area contributed by atoms with Gasteiger partial charge in [-0.3, -0.25) is 9.71 Å². The second-order valence-electron chi connectivity index (χ2n) is 8.20. The fraction of sp³-hybridized carbons (Fsp3) is 0.160. The van der Waals surface area contributed by atoms with Crippen molar-refractivity contribution in [2.45, 2.75) is 30.8 Å². The Balaban J connectivity index is 1.67. The van der Waals surface area contributed by atoms with Crippen LogP contribution in [0.15, 0.2) is 71.6 Å². The predicted octanol–water partition coefficient (Wildman–Crippen LogP) is 7.41. The van der Waals surface area contributed by atoms with Crippen LogP contribution in [0.2, 0.25) is 0 Å². The van der Waals surface area contributed by atoms with E-state index in [1.54, 1.807) is 6.92 Å². The Bertz CT molecular complexity index is 1600. The number of nitrogens with zero attached hydrogens (tertiary/aromatic N) is 1. The normalized spacial score (nSPS) is 12.5. The van der Waals surface area contributed by atoms with Crippen LogP contribution in [0.1, 0.15) is 23.7 Å². The first-order valence-corrected chi connectivity index (χ1v) is 12.1. The minimum Gasteiger partial charge on any atom is -0.456 e. The second kappa shape index (κ2) is 9.25. The molecule has 1 N–H and O–H groups in total. The van der Waals surface area contributed by atoms with Gasteiger partial charge in [0.2, 0.25) is 0 Å². The van der Waals surface area contributed by atoms with Gasteiger partial charge in [0.25, 0.3) is 15.9 Å². The highest BCUT2D eigenvalue weighted by atomic mass is 32.2. The van der Waals surface area contributed by atoms with E-state index in [4.69, 9.17) is 4.74 Å². The Morgan fingerprint density at radius 2 is 1.57 bits per heavy atom. The summed E-state index contributed by atoms with van der Waals surface area (Å²) in [5, 5.41) is 0.235. The standard InChI is InChI=1S/C25H18F6N2O3S/c1-14-12-21(16-6-5-8-18(23(16)32-14)24(2,27)28)36-15-10-11-20(19(26)13-15)33-37(34,35)22-9-4-3-7-17(22)25(29,30)31/h3-13,33H,1-2H3. The van der Waals surface area contributed by atoms with Crippen molar-refractivity contribution < 1.29 is 39.5 Å². The molecule has 0 aliphatic rings. The number of hydrogen-bond acceptors (Lipinski definition) is 4. The molecule has 0 aliphatic carbocycles. The second-order valence-corrected chi connectivity index (χ2v) is 9.85. The van der Waals surface area contributed by atoms with Gasteiger partial charge in [-0.05, 0) is 37.3 Å². The van der Waals surface area contributed by atoms with E-state index < -0.39 is 44.1 Å². The van der Waals surface area contributed by atoms with E-state index in [0.717, 1.165) is 37.3 Å². The van der Waals surface area contributed by atoms with Crippen LogP contribution in [-0.2, 0) is 22.1 Å². The average Bonchev–Trinajstić information content (AvgIpc) is 2.79. The van der Waals surface area contributed by atoms with Crippen LogP contribution in [0, 0.1) is 12.7 Å². The number of hydrogen-bond donors (Lipinski definition) is 1. The summed E-state index contributed by atoms with van der Waals surface area (Å²) in [6, 6.07) is 12.1. The molecule has 1 aromatic heterocycles. The maximum atomic E-state index is 14.8. The molecule has 12 heteroatoms. The molecule has 5 nitrogen and oxygen atoms in total. The summed E-state index contributed by atoms with van der Waals surface area (Å²) in [5.74, 6) is -4.34. The average molecular weight is 540 g/mol. The first-order chi connectivity index (χ1) is 17.2. The Hall–Kier alpha value is -3.80. The zero-order chi connectivity index (χ0) is 27.2. The van der Waals surface area contributed by atoms with Crippen molar-refractivity contribution in [1.82, 2.24) is 4.98 Å². The lowest BCUT2D eigenvalue weighted by Gasteiger charge is -2.16. The fourth-order valence-electron chi connectivity index (χ4n) is 3.68. The van der Waals surface area contributed by atoms with Crippen molar-refractivity contribution >= 4 is 26.6 Å². The molecule has 3 aromatic carbocycles. The van der Waals surface area contributed by atoms with Gasteiger partial charge in [0.15, 0.2) is 5.82 Å². The van der Waals surface area contributed by atoms with E-state index in [0.29, 0.717) is 11.8 Å². The molecule has 0 amide bonds. The molecule has 194 valence electrons. The third kappa shape index (κ3) is 5.48. The lowest BCUT2D eigenvalue weighted by atomic mass is 10.0. The van der Waals surface area contributed by atoms with Crippen LogP contribution in [-0.4, -0.2) is 13.4 Å². The fourth-order valence-corrected chi connectivity index (χ4v) is 4.98. The van der Waals surface area contributed by atoms with Gasteiger partial charge >= 0.3 is 6.18 Å². The molecular weight excluding hydrogens is 522 g/mol. The number of benzene rings is 3. The molecule has 0 radical (unpaired) electrons. The molecule has 0 unspecified atom stereocenters. The van der Waals surface area contributed by atoms with E-state index in [9.17, 15) is 34.8 Å². The van der Waals surface area contributed by atoms with Crippen LogP contribution in [0.4, 0.5) is 32.0 Å². The van der Waals surface area contributed by atoms with E-state index in [1.807, 2.05) is 4.72 Å². The SMILES string of the molecule is Cc1cc(Oc2ccc(NS(=O)(=O)c3ccccc3C(F)(F)F)c(F)c2)c2cccc(C(C)(F)F)c2n1. The molecule has 37 heavy (non-hydrogen) atoms. The summed E-state index contributed by atoms with van der Waals surface area (Å²) in [6.07, 6.45) is -4.95. The van der Waals surface area contributed by atoms with Gasteiger partial charge in [0, 0.05) is 35.7 Å². The number of para-hydroxylation sites is 1. The number of rotatable bonds is 6. The number of pyridine rings is 1. The molecule has 0 saturated heterocycles. The largest absolute Gasteiger partial charge is 0.456 e. The molecule has 0 fully saturated rings. The number of alkyl halides is 5. The van der Waals surface area contributed by atoms with E-state index in [2.05, 4.69) is 4.98 Å².